The number of nitrogens with zero attached hydrogens (tertiary/aromatic N) is 1. The Morgan fingerprint density at radius 3 is 2.93 bits per heavy atom. The Bertz CT molecular complexity index is 470. The normalized spacial score (nSPS) is 11.2. The van der Waals surface area contributed by atoms with Gasteiger partial charge in [-0.15, -0.1) is 0 Å². The van der Waals surface area contributed by atoms with Gasteiger partial charge in [0.15, 0.2) is 5.75 Å². The first kappa shape index (κ1) is 9.85. The Morgan fingerprint density at radius 1 is 1.47 bits per heavy atom. The van der Waals surface area contributed by atoms with Gasteiger partial charge in [-0.1, -0.05) is 6.07 Å². The third-order valence-corrected chi connectivity index (χ3v) is 2.00. The highest BCUT2D eigenvalue weighted by atomic mass is 19.3. The third kappa shape index (κ3) is 1.75. The number of aliphatic hydroxyl groups is 1. The zero-order chi connectivity index (χ0) is 10.8. The number of aromatic amines is 1. The van der Waals surface area contributed by atoms with Crippen molar-refractivity contribution in [2.45, 2.75) is 13.2 Å². The van der Waals surface area contributed by atoms with Crippen LogP contribution in [0.1, 0.15) is 5.56 Å². The summed E-state index contributed by atoms with van der Waals surface area (Å²) in [5, 5.41) is 8.97. The molecule has 0 saturated carbocycles. The van der Waals surface area contributed by atoms with Crippen molar-refractivity contribution >= 4 is 11.0 Å². The average molecular weight is 214 g/mol. The van der Waals surface area contributed by atoms with Gasteiger partial charge in [-0.3, -0.25) is 0 Å². The summed E-state index contributed by atoms with van der Waals surface area (Å²) in [5.74, 6) is -0.0775. The largest absolute Gasteiger partial charge is 0.432 e. The van der Waals surface area contributed by atoms with E-state index in [1.165, 1.54) is 12.4 Å². The summed E-state index contributed by atoms with van der Waals surface area (Å²) in [7, 11) is 0. The van der Waals surface area contributed by atoms with Crippen molar-refractivity contribution in [2.24, 2.45) is 0 Å². The van der Waals surface area contributed by atoms with E-state index in [9.17, 15) is 8.78 Å². The summed E-state index contributed by atoms with van der Waals surface area (Å²) in [5.41, 5.74) is 1.17. The number of imidazole rings is 1. The first-order chi connectivity index (χ1) is 7.22. The quantitative estimate of drug-likeness (QED) is 0.816. The minimum atomic E-state index is -2.93. The molecule has 0 spiro atoms. The molecule has 0 aliphatic heterocycles. The number of H-pyrrole nitrogens is 1. The van der Waals surface area contributed by atoms with Crippen LogP contribution in [0, 0.1) is 0 Å². The predicted molar refractivity (Wildman–Crippen MR) is 48.6 cm³/mol. The second-order valence-electron chi connectivity index (χ2n) is 2.89. The maximum Gasteiger partial charge on any atom is 0.387 e. The second kappa shape index (κ2) is 3.82. The van der Waals surface area contributed by atoms with Crippen LogP contribution in [0.2, 0.25) is 0 Å². The highest BCUT2D eigenvalue weighted by Gasteiger charge is 2.14. The van der Waals surface area contributed by atoms with Crippen LogP contribution in [0.5, 0.6) is 5.75 Å². The van der Waals surface area contributed by atoms with E-state index in [1.807, 2.05) is 0 Å². The Kier molecular flexibility index (Phi) is 2.51. The Hall–Kier alpha value is -1.69. The van der Waals surface area contributed by atoms with Crippen molar-refractivity contribution in [3.05, 3.63) is 24.0 Å². The predicted octanol–water partition coefficient (Wildman–Crippen LogP) is 1.66. The van der Waals surface area contributed by atoms with Crippen LogP contribution in [0.15, 0.2) is 18.5 Å². The van der Waals surface area contributed by atoms with E-state index in [0.717, 1.165) is 0 Å². The van der Waals surface area contributed by atoms with Crippen LogP contribution in [-0.2, 0) is 6.61 Å². The summed E-state index contributed by atoms with van der Waals surface area (Å²) in [6.45, 7) is -3.30. The van der Waals surface area contributed by atoms with E-state index in [-0.39, 0.29) is 17.9 Å². The monoisotopic (exact) mass is 214 g/mol. The highest BCUT2D eigenvalue weighted by molar-refractivity contribution is 5.82. The van der Waals surface area contributed by atoms with E-state index < -0.39 is 6.61 Å². The first-order valence-corrected chi connectivity index (χ1v) is 4.23. The van der Waals surface area contributed by atoms with Crippen molar-refractivity contribution in [3.63, 3.8) is 0 Å². The smallest absolute Gasteiger partial charge is 0.387 e. The van der Waals surface area contributed by atoms with Gasteiger partial charge in [-0.2, -0.15) is 8.78 Å². The average Bonchev–Trinajstić information content (AvgIpc) is 2.65. The number of benzene rings is 1. The molecule has 0 bridgehead atoms. The topological polar surface area (TPSA) is 58.1 Å². The Labute approximate surface area is 83.5 Å². The summed E-state index contributed by atoms with van der Waals surface area (Å²) >= 11 is 0. The Morgan fingerprint density at radius 2 is 2.27 bits per heavy atom. The maximum atomic E-state index is 12.1. The van der Waals surface area contributed by atoms with Gasteiger partial charge in [0.25, 0.3) is 0 Å². The number of hydrogen-bond acceptors (Lipinski definition) is 3. The van der Waals surface area contributed by atoms with Gasteiger partial charge >= 0.3 is 6.61 Å². The van der Waals surface area contributed by atoms with Crippen molar-refractivity contribution in [1.82, 2.24) is 9.97 Å². The molecule has 6 heteroatoms. The molecular formula is C9H8F2N2O2. The fraction of sp³-hybridized carbons (Fsp3) is 0.222. The minimum absolute atomic E-state index is 0.0775. The van der Waals surface area contributed by atoms with Gasteiger partial charge < -0.3 is 14.8 Å². The number of halogens is 2. The lowest BCUT2D eigenvalue weighted by molar-refractivity contribution is -0.0499. The summed E-state index contributed by atoms with van der Waals surface area (Å²) in [6, 6.07) is 3.16. The van der Waals surface area contributed by atoms with E-state index in [1.54, 1.807) is 6.07 Å². The fourth-order valence-corrected chi connectivity index (χ4v) is 1.37. The number of ether oxygens (including phenoxy) is 1. The zero-order valence-electron chi connectivity index (χ0n) is 7.58. The molecule has 0 amide bonds. The van der Waals surface area contributed by atoms with Crippen LogP contribution in [0.3, 0.4) is 0 Å². The van der Waals surface area contributed by atoms with Gasteiger partial charge in [0, 0.05) is 5.56 Å². The molecule has 1 aromatic heterocycles. The fourth-order valence-electron chi connectivity index (χ4n) is 1.37. The molecule has 80 valence electrons. The standard InChI is InChI=1S/C9H8F2N2O2/c10-9(11)15-8-5(3-14)1-2-6-7(8)13-4-12-6/h1-2,4,9,14H,3H2,(H,12,13). The zero-order valence-corrected chi connectivity index (χ0v) is 7.58. The second-order valence-corrected chi connectivity index (χ2v) is 2.89. The third-order valence-electron chi connectivity index (χ3n) is 2.00. The lowest BCUT2D eigenvalue weighted by Crippen LogP contribution is -2.05. The summed E-state index contributed by atoms with van der Waals surface area (Å²) < 4.78 is 28.6. The Balaban J connectivity index is 2.58. The molecule has 0 saturated heterocycles. The maximum absolute atomic E-state index is 12.1. The number of aromatic nitrogens is 2. The van der Waals surface area contributed by atoms with Gasteiger partial charge in [0.1, 0.15) is 5.52 Å². The number of hydrogen-bond donors (Lipinski definition) is 2. The molecule has 0 unspecified atom stereocenters. The van der Waals surface area contributed by atoms with Gasteiger partial charge in [-0.25, -0.2) is 4.98 Å². The lowest BCUT2D eigenvalue weighted by Gasteiger charge is -2.09. The molecule has 2 aromatic rings. The van der Waals surface area contributed by atoms with Gasteiger partial charge in [0.05, 0.1) is 18.5 Å². The number of fused-ring (bicyclic) bond motifs is 1. The van der Waals surface area contributed by atoms with E-state index in [4.69, 9.17) is 5.11 Å². The van der Waals surface area contributed by atoms with Crippen molar-refractivity contribution in [2.75, 3.05) is 0 Å². The summed E-state index contributed by atoms with van der Waals surface area (Å²) in [4.78, 5) is 6.62. The van der Waals surface area contributed by atoms with E-state index in [2.05, 4.69) is 14.7 Å². The minimum Gasteiger partial charge on any atom is -0.432 e. The number of alkyl halides is 2. The lowest BCUT2D eigenvalue weighted by atomic mass is 10.2. The molecule has 0 aliphatic carbocycles. The molecule has 15 heavy (non-hydrogen) atoms. The highest BCUT2D eigenvalue weighted by Crippen LogP contribution is 2.28. The molecule has 2 N–H and O–H groups in total. The van der Waals surface area contributed by atoms with Crippen LogP contribution in [0.25, 0.3) is 11.0 Å². The number of nitrogens with one attached hydrogen (secondary N) is 1. The van der Waals surface area contributed by atoms with Crippen LogP contribution < -0.4 is 4.74 Å². The molecule has 0 radical (unpaired) electrons. The van der Waals surface area contributed by atoms with Crippen LogP contribution in [0.4, 0.5) is 8.78 Å². The van der Waals surface area contributed by atoms with Crippen molar-refractivity contribution in [3.8, 4) is 5.75 Å². The summed E-state index contributed by atoms with van der Waals surface area (Å²) in [6.07, 6.45) is 1.38. The van der Waals surface area contributed by atoms with Crippen LogP contribution in [-0.4, -0.2) is 21.7 Å². The molecule has 0 fully saturated rings. The molecule has 0 atom stereocenters. The molecular weight excluding hydrogens is 206 g/mol. The molecule has 1 heterocycles. The number of rotatable bonds is 3. The van der Waals surface area contributed by atoms with Crippen molar-refractivity contribution < 1.29 is 18.6 Å². The molecule has 2 rings (SSSR count). The van der Waals surface area contributed by atoms with Crippen LogP contribution >= 0.6 is 0 Å². The van der Waals surface area contributed by atoms with E-state index >= 15 is 0 Å². The number of aliphatic hydroxyl groups excluding tert-OH is 1. The molecule has 4 nitrogen and oxygen atoms in total. The SMILES string of the molecule is OCc1ccc2[nH]cnc2c1OC(F)F. The first-order valence-electron chi connectivity index (χ1n) is 4.23. The van der Waals surface area contributed by atoms with Gasteiger partial charge in [0.2, 0.25) is 0 Å². The molecule has 0 aliphatic rings. The van der Waals surface area contributed by atoms with E-state index in [0.29, 0.717) is 11.0 Å². The van der Waals surface area contributed by atoms with Gasteiger partial charge in [-0.05, 0) is 6.07 Å². The molecule has 1 aromatic carbocycles. The van der Waals surface area contributed by atoms with Crippen molar-refractivity contribution in [1.29, 1.82) is 0 Å².